The maximum atomic E-state index is 10.4. The van der Waals surface area contributed by atoms with E-state index in [2.05, 4.69) is 43.0 Å². The molecule has 0 spiro atoms. The smallest absolute Gasteiger partial charge is 0.122 e. The molecule has 0 bridgehead atoms. The Morgan fingerprint density at radius 3 is 2.33 bits per heavy atom. The fourth-order valence-corrected chi connectivity index (χ4v) is 2.83. The van der Waals surface area contributed by atoms with E-state index in [1.54, 1.807) is 0 Å². The number of aliphatic hydroxyl groups excluding tert-OH is 1. The molecule has 0 saturated heterocycles. The number of benzene rings is 2. The highest BCUT2D eigenvalue weighted by atomic mass is 16.5. The third kappa shape index (κ3) is 5.66. The van der Waals surface area contributed by atoms with Crippen molar-refractivity contribution in [3.05, 3.63) is 65.2 Å². The molecule has 0 amide bonds. The van der Waals surface area contributed by atoms with E-state index >= 15 is 0 Å². The van der Waals surface area contributed by atoms with Crippen LogP contribution < -0.4 is 4.74 Å². The highest BCUT2D eigenvalue weighted by Gasteiger charge is 2.13. The van der Waals surface area contributed by atoms with Crippen LogP contribution in [0, 0.1) is 13.8 Å². The van der Waals surface area contributed by atoms with E-state index in [4.69, 9.17) is 4.74 Å². The van der Waals surface area contributed by atoms with Gasteiger partial charge in [-0.15, -0.1) is 0 Å². The molecule has 3 heteroatoms. The monoisotopic (exact) mass is 327 g/mol. The number of para-hydroxylation sites is 1. The number of nitrogens with zero attached hydrogens (tertiary/aromatic N) is 1. The molecule has 0 heterocycles. The Bertz CT molecular complexity index is 627. The van der Waals surface area contributed by atoms with Crippen LogP contribution in [0.5, 0.6) is 5.75 Å². The van der Waals surface area contributed by atoms with E-state index in [0.29, 0.717) is 13.2 Å². The molecule has 3 nitrogen and oxygen atoms in total. The van der Waals surface area contributed by atoms with Gasteiger partial charge in [0.15, 0.2) is 0 Å². The SMILES string of the molecule is CCCN(Cc1ccccc1C)CC(O)COc1ccccc1C. The van der Waals surface area contributed by atoms with Gasteiger partial charge in [-0.3, -0.25) is 4.90 Å². The molecule has 0 aromatic heterocycles. The lowest BCUT2D eigenvalue weighted by atomic mass is 10.1. The molecule has 2 rings (SSSR count). The van der Waals surface area contributed by atoms with Gasteiger partial charge in [0.1, 0.15) is 18.5 Å². The topological polar surface area (TPSA) is 32.7 Å². The van der Waals surface area contributed by atoms with Crippen molar-refractivity contribution in [3.63, 3.8) is 0 Å². The standard InChI is InChI=1S/C21H29NO2/c1-4-13-22(14-19-11-7-5-9-17(19)2)15-20(23)16-24-21-12-8-6-10-18(21)3/h5-12,20,23H,4,13-16H2,1-3H3. The average Bonchev–Trinajstić information content (AvgIpc) is 2.56. The van der Waals surface area contributed by atoms with Gasteiger partial charge >= 0.3 is 0 Å². The van der Waals surface area contributed by atoms with Crippen LogP contribution in [0.2, 0.25) is 0 Å². The van der Waals surface area contributed by atoms with Crippen molar-refractivity contribution in [2.45, 2.75) is 39.8 Å². The summed E-state index contributed by atoms with van der Waals surface area (Å²) in [7, 11) is 0. The molecule has 1 unspecified atom stereocenters. The van der Waals surface area contributed by atoms with Crippen LogP contribution in [-0.4, -0.2) is 35.8 Å². The molecule has 1 N–H and O–H groups in total. The van der Waals surface area contributed by atoms with E-state index in [-0.39, 0.29) is 0 Å². The zero-order valence-corrected chi connectivity index (χ0v) is 15.0. The molecule has 0 fully saturated rings. The summed E-state index contributed by atoms with van der Waals surface area (Å²) >= 11 is 0. The summed E-state index contributed by atoms with van der Waals surface area (Å²) in [6, 6.07) is 16.3. The molecular weight excluding hydrogens is 298 g/mol. The molecular formula is C21H29NO2. The van der Waals surface area contributed by atoms with Gasteiger partial charge in [0.2, 0.25) is 0 Å². The van der Waals surface area contributed by atoms with Crippen molar-refractivity contribution < 1.29 is 9.84 Å². The first-order valence-corrected chi connectivity index (χ1v) is 8.73. The van der Waals surface area contributed by atoms with Gasteiger partial charge in [-0.05, 0) is 49.6 Å². The van der Waals surface area contributed by atoms with Crippen molar-refractivity contribution in [3.8, 4) is 5.75 Å². The number of rotatable bonds is 9. The molecule has 2 aromatic carbocycles. The summed E-state index contributed by atoms with van der Waals surface area (Å²) in [5.74, 6) is 0.845. The first kappa shape index (κ1) is 18.5. The van der Waals surface area contributed by atoms with Gasteiger partial charge in [0, 0.05) is 13.1 Å². The molecule has 0 aliphatic rings. The second kappa shape index (κ2) is 9.45. The van der Waals surface area contributed by atoms with Crippen LogP contribution >= 0.6 is 0 Å². The van der Waals surface area contributed by atoms with Gasteiger partial charge < -0.3 is 9.84 Å². The third-order valence-corrected chi connectivity index (χ3v) is 4.19. The zero-order chi connectivity index (χ0) is 17.4. The second-order valence-corrected chi connectivity index (χ2v) is 6.39. The van der Waals surface area contributed by atoms with E-state index in [9.17, 15) is 5.11 Å². The Morgan fingerprint density at radius 1 is 1.00 bits per heavy atom. The van der Waals surface area contributed by atoms with Gasteiger partial charge in [-0.25, -0.2) is 0 Å². The van der Waals surface area contributed by atoms with Gasteiger partial charge in [-0.1, -0.05) is 49.4 Å². The lowest BCUT2D eigenvalue weighted by molar-refractivity contribution is 0.0653. The van der Waals surface area contributed by atoms with Crippen molar-refractivity contribution in [1.82, 2.24) is 4.90 Å². The number of hydrogen-bond acceptors (Lipinski definition) is 3. The van der Waals surface area contributed by atoms with Gasteiger partial charge in [-0.2, -0.15) is 0 Å². The Morgan fingerprint density at radius 2 is 1.67 bits per heavy atom. The number of aliphatic hydroxyl groups is 1. The first-order valence-electron chi connectivity index (χ1n) is 8.73. The van der Waals surface area contributed by atoms with E-state index in [1.807, 2.05) is 31.2 Å². The normalized spacial score (nSPS) is 12.4. The van der Waals surface area contributed by atoms with E-state index < -0.39 is 6.10 Å². The lowest BCUT2D eigenvalue weighted by Crippen LogP contribution is -2.36. The van der Waals surface area contributed by atoms with Crippen LogP contribution in [0.25, 0.3) is 0 Å². The van der Waals surface area contributed by atoms with Crippen molar-refractivity contribution in [2.75, 3.05) is 19.7 Å². The molecule has 0 saturated carbocycles. The minimum Gasteiger partial charge on any atom is -0.491 e. The molecule has 1 atom stereocenters. The van der Waals surface area contributed by atoms with Crippen molar-refractivity contribution in [1.29, 1.82) is 0 Å². The van der Waals surface area contributed by atoms with Crippen LogP contribution in [-0.2, 0) is 6.54 Å². The number of ether oxygens (including phenoxy) is 1. The summed E-state index contributed by atoms with van der Waals surface area (Å²) in [6.45, 7) is 9.09. The predicted octanol–water partition coefficient (Wildman–Crippen LogP) is 3.96. The van der Waals surface area contributed by atoms with Crippen LogP contribution in [0.15, 0.2) is 48.5 Å². The predicted molar refractivity (Wildman–Crippen MR) is 99.4 cm³/mol. The summed E-state index contributed by atoms with van der Waals surface area (Å²) < 4.78 is 5.77. The Labute approximate surface area is 145 Å². The second-order valence-electron chi connectivity index (χ2n) is 6.39. The minimum atomic E-state index is -0.500. The Hall–Kier alpha value is -1.84. The maximum absolute atomic E-state index is 10.4. The van der Waals surface area contributed by atoms with Gasteiger partial charge in [0.25, 0.3) is 0 Å². The lowest BCUT2D eigenvalue weighted by Gasteiger charge is -2.25. The summed E-state index contributed by atoms with van der Waals surface area (Å²) in [6.07, 6.45) is 0.567. The first-order chi connectivity index (χ1) is 11.6. The highest BCUT2D eigenvalue weighted by Crippen LogP contribution is 2.17. The van der Waals surface area contributed by atoms with Crippen LogP contribution in [0.1, 0.15) is 30.0 Å². The minimum absolute atomic E-state index is 0.318. The fourth-order valence-electron chi connectivity index (χ4n) is 2.83. The molecule has 2 aromatic rings. The van der Waals surface area contributed by atoms with Crippen LogP contribution in [0.3, 0.4) is 0 Å². The largest absolute Gasteiger partial charge is 0.491 e. The molecule has 0 aliphatic carbocycles. The molecule has 0 radical (unpaired) electrons. The average molecular weight is 327 g/mol. The third-order valence-electron chi connectivity index (χ3n) is 4.19. The summed E-state index contributed by atoms with van der Waals surface area (Å²) in [5.41, 5.74) is 3.71. The highest BCUT2D eigenvalue weighted by molar-refractivity contribution is 5.31. The fraction of sp³-hybridized carbons (Fsp3) is 0.429. The maximum Gasteiger partial charge on any atom is 0.122 e. The molecule has 0 aliphatic heterocycles. The van der Waals surface area contributed by atoms with Crippen molar-refractivity contribution >= 4 is 0 Å². The Balaban J connectivity index is 1.89. The molecule has 130 valence electrons. The van der Waals surface area contributed by atoms with E-state index in [1.165, 1.54) is 11.1 Å². The van der Waals surface area contributed by atoms with Crippen molar-refractivity contribution in [2.24, 2.45) is 0 Å². The van der Waals surface area contributed by atoms with E-state index in [0.717, 1.165) is 30.8 Å². The summed E-state index contributed by atoms with van der Waals surface area (Å²) in [4.78, 5) is 2.30. The quantitative estimate of drug-likeness (QED) is 0.757. The number of aryl methyl sites for hydroxylation is 2. The van der Waals surface area contributed by atoms with Crippen LogP contribution in [0.4, 0.5) is 0 Å². The Kier molecular flexibility index (Phi) is 7.29. The zero-order valence-electron chi connectivity index (χ0n) is 15.0. The van der Waals surface area contributed by atoms with Gasteiger partial charge in [0.05, 0.1) is 0 Å². The molecule has 24 heavy (non-hydrogen) atoms. The summed E-state index contributed by atoms with van der Waals surface area (Å²) in [5, 5.41) is 10.4. The number of hydrogen-bond donors (Lipinski definition) is 1.